The van der Waals surface area contributed by atoms with Crippen LogP contribution in [0.25, 0.3) is 0 Å². The second kappa shape index (κ2) is 68.1. The summed E-state index contributed by atoms with van der Waals surface area (Å²) in [5, 5.41) is 0. The third-order valence-corrected chi connectivity index (χ3v) is 14.1. The minimum absolute atomic E-state index is 0.100. The minimum atomic E-state index is -0.809. The highest BCUT2D eigenvalue weighted by Crippen LogP contribution is 2.16. The summed E-state index contributed by atoms with van der Waals surface area (Å²) in [6.45, 7) is 6.35. The molecule has 0 fully saturated rings. The van der Waals surface area contributed by atoms with Crippen LogP contribution in [0.3, 0.4) is 0 Å². The number of esters is 3. The summed E-state index contributed by atoms with van der Waals surface area (Å²) in [5.41, 5.74) is 0. The molecule has 0 saturated heterocycles. The number of hydrogen-bond acceptors (Lipinski definition) is 6. The molecular weight excluding hydrogens is 997 g/mol. The van der Waals surface area contributed by atoms with E-state index in [4.69, 9.17) is 14.2 Å². The van der Waals surface area contributed by atoms with Gasteiger partial charge in [-0.05, 0) is 135 Å². The lowest BCUT2D eigenvalue weighted by atomic mass is 10.0. The Balaban J connectivity index is 4.23. The molecule has 0 bridgehead atoms. The van der Waals surface area contributed by atoms with Gasteiger partial charge in [-0.1, -0.05) is 283 Å². The van der Waals surface area contributed by atoms with Gasteiger partial charge in [0.05, 0.1) is 0 Å². The van der Waals surface area contributed by atoms with Gasteiger partial charge in [0.2, 0.25) is 0 Å². The van der Waals surface area contributed by atoms with Crippen molar-refractivity contribution in [2.24, 2.45) is 0 Å². The van der Waals surface area contributed by atoms with E-state index in [1.807, 2.05) is 0 Å². The average molecular weight is 1120 g/mol. The van der Waals surface area contributed by atoms with Gasteiger partial charge in [-0.25, -0.2) is 0 Å². The fourth-order valence-corrected chi connectivity index (χ4v) is 9.14. The van der Waals surface area contributed by atoms with Gasteiger partial charge in [0, 0.05) is 19.3 Å². The monoisotopic (exact) mass is 1120 g/mol. The van der Waals surface area contributed by atoms with Gasteiger partial charge in [0.15, 0.2) is 6.10 Å². The first-order valence-corrected chi connectivity index (χ1v) is 33.7. The summed E-state index contributed by atoms with van der Waals surface area (Å²) in [6.07, 6.45) is 96.2. The Labute approximate surface area is 500 Å². The lowest BCUT2D eigenvalue weighted by molar-refractivity contribution is -0.167. The van der Waals surface area contributed by atoms with E-state index >= 15 is 0 Å². The maximum absolute atomic E-state index is 12.9. The van der Waals surface area contributed by atoms with Crippen LogP contribution in [-0.2, 0) is 28.6 Å². The lowest BCUT2D eigenvalue weighted by Gasteiger charge is -2.18. The zero-order valence-corrected chi connectivity index (χ0v) is 52.8. The first-order chi connectivity index (χ1) is 40.0. The molecule has 0 spiro atoms. The number of rotatable bonds is 60. The molecule has 81 heavy (non-hydrogen) atoms. The first kappa shape index (κ1) is 76.5. The van der Waals surface area contributed by atoms with Crippen LogP contribution >= 0.6 is 0 Å². The molecule has 6 nitrogen and oxygen atoms in total. The molecule has 0 saturated carbocycles. The number of hydrogen-bond donors (Lipinski definition) is 0. The minimum Gasteiger partial charge on any atom is -0.462 e. The summed E-state index contributed by atoms with van der Waals surface area (Å²) in [5.74, 6) is -0.951. The van der Waals surface area contributed by atoms with Gasteiger partial charge >= 0.3 is 17.9 Å². The molecule has 0 aliphatic rings. The van der Waals surface area contributed by atoms with E-state index in [9.17, 15) is 14.4 Å². The van der Waals surface area contributed by atoms with Crippen LogP contribution in [0.1, 0.15) is 303 Å². The second-order valence-electron chi connectivity index (χ2n) is 22.0. The number of allylic oxidation sites excluding steroid dienone is 22. The first-order valence-electron chi connectivity index (χ1n) is 33.7. The summed E-state index contributed by atoms with van der Waals surface area (Å²) >= 11 is 0. The Hall–Kier alpha value is -4.45. The molecule has 1 unspecified atom stereocenters. The zero-order chi connectivity index (χ0) is 58.5. The molecule has 0 aromatic rings. The molecule has 0 aliphatic carbocycles. The van der Waals surface area contributed by atoms with E-state index in [0.29, 0.717) is 19.3 Å². The molecular formula is C75H124O6. The number of carbonyl (C=O) groups is 3. The largest absolute Gasteiger partial charge is 0.462 e. The molecule has 460 valence electrons. The van der Waals surface area contributed by atoms with E-state index < -0.39 is 6.10 Å². The van der Waals surface area contributed by atoms with Crippen LogP contribution in [-0.4, -0.2) is 37.2 Å². The van der Waals surface area contributed by atoms with Gasteiger partial charge in [0.1, 0.15) is 13.2 Å². The fourth-order valence-electron chi connectivity index (χ4n) is 9.14. The quantitative estimate of drug-likeness (QED) is 0.0261. The van der Waals surface area contributed by atoms with E-state index in [0.717, 1.165) is 135 Å². The fraction of sp³-hybridized carbons (Fsp3) is 0.667. The van der Waals surface area contributed by atoms with Crippen LogP contribution in [0.2, 0.25) is 0 Å². The van der Waals surface area contributed by atoms with E-state index in [1.165, 1.54) is 122 Å². The van der Waals surface area contributed by atoms with Crippen molar-refractivity contribution in [2.75, 3.05) is 13.2 Å². The molecule has 0 amide bonds. The van der Waals surface area contributed by atoms with Crippen molar-refractivity contribution in [1.82, 2.24) is 0 Å². The van der Waals surface area contributed by atoms with E-state index in [-0.39, 0.29) is 37.5 Å². The summed E-state index contributed by atoms with van der Waals surface area (Å²) < 4.78 is 16.9. The number of unbranched alkanes of at least 4 members (excludes halogenated alkanes) is 27. The molecule has 6 heteroatoms. The van der Waals surface area contributed by atoms with Crippen LogP contribution in [0.4, 0.5) is 0 Å². The Morgan fingerprint density at radius 3 is 0.778 bits per heavy atom. The Kier molecular flexibility index (Phi) is 64.3. The third-order valence-electron chi connectivity index (χ3n) is 14.1. The summed E-state index contributed by atoms with van der Waals surface area (Å²) in [7, 11) is 0. The molecule has 0 heterocycles. The predicted octanol–water partition coefficient (Wildman–Crippen LogP) is 23.3. The zero-order valence-electron chi connectivity index (χ0n) is 52.8. The topological polar surface area (TPSA) is 78.9 Å². The van der Waals surface area contributed by atoms with Crippen LogP contribution < -0.4 is 0 Å². The smallest absolute Gasteiger partial charge is 0.306 e. The number of carbonyl (C=O) groups excluding carboxylic acids is 3. The molecule has 1 atom stereocenters. The molecule has 0 aromatic heterocycles. The van der Waals surface area contributed by atoms with Crippen molar-refractivity contribution < 1.29 is 28.6 Å². The van der Waals surface area contributed by atoms with Crippen LogP contribution in [0, 0.1) is 0 Å². The molecule has 0 radical (unpaired) electrons. The van der Waals surface area contributed by atoms with Crippen molar-refractivity contribution in [1.29, 1.82) is 0 Å². The van der Waals surface area contributed by atoms with Crippen LogP contribution in [0.15, 0.2) is 134 Å². The van der Waals surface area contributed by atoms with Gasteiger partial charge < -0.3 is 14.2 Å². The third kappa shape index (κ3) is 66.2. The standard InChI is InChI=1S/C75H124O6/c1-4-7-10-13-16-19-22-25-28-29-30-31-32-33-34-35-36-37-38-39-40-41-42-43-44-45-48-50-53-56-59-62-65-68-74(77)80-71-72(81-75(78)69-66-63-60-57-54-51-47-27-24-21-18-15-12-9-6-3)70-79-73(76)67-64-61-58-55-52-49-46-26-23-20-17-14-11-8-5-2/h7,9-10,12,16-21,25-28,30-31,33-34,46-47,54,57,72H,4-6,8,11,13-15,22-24,29,32,35-45,48-53,55-56,58-71H2,1-3H3/b10-7-,12-9-,19-16-,20-17-,21-18-,28-25-,31-30-,34-33-,46-26-,47-27-,57-54-. The Bertz CT molecular complexity index is 1720. The van der Waals surface area contributed by atoms with E-state index in [2.05, 4.69) is 154 Å². The van der Waals surface area contributed by atoms with Gasteiger partial charge in [-0.2, -0.15) is 0 Å². The van der Waals surface area contributed by atoms with Gasteiger partial charge in [-0.3, -0.25) is 14.4 Å². The summed E-state index contributed by atoms with van der Waals surface area (Å²) in [4.78, 5) is 38.3. The Morgan fingerprint density at radius 1 is 0.259 bits per heavy atom. The maximum atomic E-state index is 12.9. The summed E-state index contributed by atoms with van der Waals surface area (Å²) in [6, 6.07) is 0. The maximum Gasteiger partial charge on any atom is 0.306 e. The van der Waals surface area contributed by atoms with Gasteiger partial charge in [0.25, 0.3) is 0 Å². The van der Waals surface area contributed by atoms with Crippen molar-refractivity contribution in [3.05, 3.63) is 134 Å². The SMILES string of the molecule is CC/C=C\C/C=C\C/C=C\C/C=C\C/C=C\CCCCCCCCCCCCCCCCCCCC(=O)OCC(COC(=O)CCCCCCC/C=C\C/C=C\CCCCC)OC(=O)CCCC/C=C\C/C=C\C/C=C\C/C=C\CC. The van der Waals surface area contributed by atoms with Gasteiger partial charge in [-0.15, -0.1) is 0 Å². The van der Waals surface area contributed by atoms with Crippen molar-refractivity contribution in [3.63, 3.8) is 0 Å². The highest BCUT2D eigenvalue weighted by Gasteiger charge is 2.19. The molecule has 0 aromatic carbocycles. The predicted molar refractivity (Wildman–Crippen MR) is 353 cm³/mol. The highest BCUT2D eigenvalue weighted by molar-refractivity contribution is 5.71. The number of ether oxygens (including phenoxy) is 3. The van der Waals surface area contributed by atoms with Crippen molar-refractivity contribution in [2.45, 2.75) is 309 Å². The molecule has 0 aliphatic heterocycles. The Morgan fingerprint density at radius 2 is 0.481 bits per heavy atom. The van der Waals surface area contributed by atoms with Crippen molar-refractivity contribution >= 4 is 17.9 Å². The van der Waals surface area contributed by atoms with Crippen molar-refractivity contribution in [3.8, 4) is 0 Å². The second-order valence-corrected chi connectivity index (χ2v) is 22.0. The average Bonchev–Trinajstić information content (AvgIpc) is 3.47. The lowest BCUT2D eigenvalue weighted by Crippen LogP contribution is -2.30. The molecule has 0 N–H and O–H groups in total. The highest BCUT2D eigenvalue weighted by atomic mass is 16.6. The van der Waals surface area contributed by atoms with Crippen LogP contribution in [0.5, 0.6) is 0 Å². The van der Waals surface area contributed by atoms with E-state index in [1.54, 1.807) is 0 Å². The normalized spacial score (nSPS) is 13.0. The molecule has 0 rings (SSSR count).